The second kappa shape index (κ2) is 7.98. The van der Waals surface area contributed by atoms with E-state index in [4.69, 9.17) is 4.42 Å². The number of hydrogen-bond acceptors (Lipinski definition) is 4. The molecular formula is C16H24N2O4. The largest absolute Gasteiger partial charge is 0.469 e. The number of amides is 2. The van der Waals surface area contributed by atoms with Crippen LogP contribution in [0.4, 0.5) is 0 Å². The van der Waals surface area contributed by atoms with Crippen molar-refractivity contribution in [2.75, 3.05) is 13.2 Å². The molecule has 22 heavy (non-hydrogen) atoms. The van der Waals surface area contributed by atoms with Gasteiger partial charge in [-0.15, -0.1) is 0 Å². The van der Waals surface area contributed by atoms with Gasteiger partial charge in [0.05, 0.1) is 18.4 Å². The van der Waals surface area contributed by atoms with E-state index in [1.165, 1.54) is 6.26 Å². The van der Waals surface area contributed by atoms with Crippen LogP contribution in [0.1, 0.15) is 48.2 Å². The van der Waals surface area contributed by atoms with Crippen LogP contribution in [-0.2, 0) is 4.79 Å². The first-order valence-corrected chi connectivity index (χ1v) is 7.84. The summed E-state index contributed by atoms with van der Waals surface area (Å²) in [5, 5.41) is 15.0. The fourth-order valence-corrected chi connectivity index (χ4v) is 2.93. The highest BCUT2D eigenvalue weighted by atomic mass is 16.3. The summed E-state index contributed by atoms with van der Waals surface area (Å²) in [7, 11) is 0. The SMILES string of the molecule is Cc1occc1C(=O)NCC(=O)NC1CCCCCC1CO. The van der Waals surface area contributed by atoms with Crippen molar-refractivity contribution in [2.45, 2.75) is 45.1 Å². The van der Waals surface area contributed by atoms with Crippen LogP contribution in [0.5, 0.6) is 0 Å². The molecule has 2 amide bonds. The first-order chi connectivity index (χ1) is 10.6. The van der Waals surface area contributed by atoms with Crippen LogP contribution >= 0.6 is 0 Å². The third-order valence-electron chi connectivity index (χ3n) is 4.25. The van der Waals surface area contributed by atoms with Gasteiger partial charge in [-0.05, 0) is 25.8 Å². The minimum absolute atomic E-state index is 0.00689. The molecule has 1 aliphatic rings. The Labute approximate surface area is 130 Å². The van der Waals surface area contributed by atoms with Crippen LogP contribution in [0, 0.1) is 12.8 Å². The average Bonchev–Trinajstić information content (AvgIpc) is 2.81. The molecule has 0 bridgehead atoms. The van der Waals surface area contributed by atoms with Crippen LogP contribution in [0.25, 0.3) is 0 Å². The summed E-state index contributed by atoms with van der Waals surface area (Å²) < 4.78 is 5.07. The number of carbonyl (C=O) groups is 2. The van der Waals surface area contributed by atoms with Gasteiger partial charge in [-0.1, -0.05) is 19.3 Å². The number of nitrogens with one attached hydrogen (secondary N) is 2. The van der Waals surface area contributed by atoms with Crippen LogP contribution in [0.15, 0.2) is 16.7 Å². The Hall–Kier alpha value is -1.82. The smallest absolute Gasteiger partial charge is 0.255 e. The first-order valence-electron chi connectivity index (χ1n) is 7.84. The molecule has 2 rings (SSSR count). The van der Waals surface area contributed by atoms with Crippen LogP contribution < -0.4 is 10.6 Å². The van der Waals surface area contributed by atoms with E-state index in [1.54, 1.807) is 13.0 Å². The molecule has 0 saturated heterocycles. The molecule has 1 heterocycles. The molecule has 0 aromatic carbocycles. The number of aliphatic hydroxyl groups is 1. The molecule has 3 N–H and O–H groups in total. The second-order valence-electron chi connectivity index (χ2n) is 5.83. The van der Waals surface area contributed by atoms with Crippen molar-refractivity contribution in [2.24, 2.45) is 5.92 Å². The monoisotopic (exact) mass is 308 g/mol. The summed E-state index contributed by atoms with van der Waals surface area (Å²) >= 11 is 0. The second-order valence-corrected chi connectivity index (χ2v) is 5.83. The normalized spacial score (nSPS) is 21.9. The van der Waals surface area contributed by atoms with Gasteiger partial charge in [-0.3, -0.25) is 9.59 Å². The van der Waals surface area contributed by atoms with Crippen molar-refractivity contribution < 1.29 is 19.1 Å². The van der Waals surface area contributed by atoms with Crippen LogP contribution in [0.3, 0.4) is 0 Å². The van der Waals surface area contributed by atoms with E-state index in [0.717, 1.165) is 32.1 Å². The maximum atomic E-state index is 12.0. The molecule has 122 valence electrons. The average molecular weight is 308 g/mol. The van der Waals surface area contributed by atoms with Crippen molar-refractivity contribution in [3.05, 3.63) is 23.7 Å². The Morgan fingerprint density at radius 1 is 1.32 bits per heavy atom. The van der Waals surface area contributed by atoms with Crippen LogP contribution in [0.2, 0.25) is 0 Å². The van der Waals surface area contributed by atoms with E-state index in [1.807, 2.05) is 0 Å². The summed E-state index contributed by atoms with van der Waals surface area (Å²) in [5.74, 6) is 0.0983. The highest BCUT2D eigenvalue weighted by molar-refractivity contribution is 5.97. The van der Waals surface area contributed by atoms with E-state index in [2.05, 4.69) is 10.6 Å². The molecule has 6 nitrogen and oxygen atoms in total. The molecular weight excluding hydrogens is 284 g/mol. The minimum Gasteiger partial charge on any atom is -0.469 e. The fourth-order valence-electron chi connectivity index (χ4n) is 2.93. The predicted octanol–water partition coefficient (Wildman–Crippen LogP) is 1.38. The van der Waals surface area contributed by atoms with Gasteiger partial charge in [0.25, 0.3) is 5.91 Å². The quantitative estimate of drug-likeness (QED) is 0.717. The molecule has 2 unspecified atom stereocenters. The van der Waals surface area contributed by atoms with E-state index in [9.17, 15) is 14.7 Å². The van der Waals surface area contributed by atoms with Crippen molar-refractivity contribution >= 4 is 11.8 Å². The lowest BCUT2D eigenvalue weighted by molar-refractivity contribution is -0.121. The lowest BCUT2D eigenvalue weighted by Gasteiger charge is -2.24. The van der Waals surface area contributed by atoms with Gasteiger partial charge >= 0.3 is 0 Å². The Kier molecular flexibility index (Phi) is 6.00. The lowest BCUT2D eigenvalue weighted by atomic mass is 9.95. The van der Waals surface area contributed by atoms with Crippen LogP contribution in [-0.4, -0.2) is 36.1 Å². The van der Waals surface area contributed by atoms with E-state index < -0.39 is 0 Å². The van der Waals surface area contributed by atoms with E-state index in [-0.39, 0.29) is 36.9 Å². The van der Waals surface area contributed by atoms with Gasteiger partial charge in [0.2, 0.25) is 5.91 Å². The predicted molar refractivity (Wildman–Crippen MR) is 81.4 cm³/mol. The van der Waals surface area contributed by atoms with Gasteiger partial charge in [0, 0.05) is 18.6 Å². The third-order valence-corrected chi connectivity index (χ3v) is 4.25. The summed E-state index contributed by atoms with van der Waals surface area (Å²) in [4.78, 5) is 23.9. The molecule has 1 saturated carbocycles. The summed E-state index contributed by atoms with van der Waals surface area (Å²) in [6.07, 6.45) is 6.55. The highest BCUT2D eigenvalue weighted by Crippen LogP contribution is 2.23. The first kappa shape index (κ1) is 16.5. The van der Waals surface area contributed by atoms with Crippen molar-refractivity contribution in [1.29, 1.82) is 0 Å². The maximum Gasteiger partial charge on any atom is 0.255 e. The Bertz CT molecular complexity index is 512. The minimum atomic E-state index is -0.319. The molecule has 0 radical (unpaired) electrons. The molecule has 0 spiro atoms. The molecule has 2 atom stereocenters. The molecule has 1 aromatic rings. The molecule has 6 heteroatoms. The fraction of sp³-hybridized carbons (Fsp3) is 0.625. The van der Waals surface area contributed by atoms with Gasteiger partial charge in [-0.2, -0.15) is 0 Å². The third kappa shape index (κ3) is 4.34. The maximum absolute atomic E-state index is 12.0. The zero-order valence-electron chi connectivity index (χ0n) is 12.9. The Balaban J connectivity index is 1.82. The Morgan fingerprint density at radius 2 is 2.09 bits per heavy atom. The molecule has 1 fully saturated rings. The van der Waals surface area contributed by atoms with Gasteiger partial charge in [0.15, 0.2) is 0 Å². The van der Waals surface area contributed by atoms with Gasteiger partial charge in [-0.25, -0.2) is 0 Å². The van der Waals surface area contributed by atoms with E-state index >= 15 is 0 Å². The molecule has 1 aliphatic carbocycles. The summed E-state index contributed by atoms with van der Waals surface area (Å²) in [6, 6.07) is 1.57. The van der Waals surface area contributed by atoms with E-state index in [0.29, 0.717) is 11.3 Å². The van der Waals surface area contributed by atoms with Crippen molar-refractivity contribution in [1.82, 2.24) is 10.6 Å². The number of hydrogen-bond donors (Lipinski definition) is 3. The zero-order valence-corrected chi connectivity index (χ0v) is 12.9. The number of rotatable bonds is 5. The number of carbonyl (C=O) groups excluding carboxylic acids is 2. The molecule has 1 aromatic heterocycles. The Morgan fingerprint density at radius 3 is 2.77 bits per heavy atom. The zero-order chi connectivity index (χ0) is 15.9. The lowest BCUT2D eigenvalue weighted by Crippen LogP contribution is -2.45. The highest BCUT2D eigenvalue weighted by Gasteiger charge is 2.24. The topological polar surface area (TPSA) is 91.6 Å². The number of aliphatic hydroxyl groups excluding tert-OH is 1. The van der Waals surface area contributed by atoms with Crippen molar-refractivity contribution in [3.63, 3.8) is 0 Å². The van der Waals surface area contributed by atoms with Gasteiger partial charge in [0.1, 0.15) is 5.76 Å². The van der Waals surface area contributed by atoms with Gasteiger partial charge < -0.3 is 20.2 Å². The standard InChI is InChI=1S/C16H24N2O4/c1-11-13(7-8-22-11)16(21)17-9-15(20)18-14-6-4-2-3-5-12(14)10-19/h7-8,12,14,19H,2-6,9-10H2,1H3,(H,17,21)(H,18,20). The number of furan rings is 1. The van der Waals surface area contributed by atoms with Crippen molar-refractivity contribution in [3.8, 4) is 0 Å². The summed E-state index contributed by atoms with van der Waals surface area (Å²) in [5.41, 5.74) is 0.440. The molecule has 0 aliphatic heterocycles. The number of aryl methyl sites for hydroxylation is 1. The summed E-state index contributed by atoms with van der Waals surface area (Å²) in [6.45, 7) is 1.72.